The fraction of sp³-hybridized carbons (Fsp3) is 0.409. The molecule has 1 aliphatic carbocycles. The normalized spacial score (nSPS) is 16.3. The van der Waals surface area contributed by atoms with Gasteiger partial charge in [-0.1, -0.05) is 6.08 Å². The highest BCUT2D eigenvalue weighted by atomic mass is 19.1. The fourth-order valence-electron chi connectivity index (χ4n) is 3.61. The van der Waals surface area contributed by atoms with Crippen LogP contribution in [0.15, 0.2) is 24.4 Å². The van der Waals surface area contributed by atoms with Gasteiger partial charge in [-0.15, -0.1) is 0 Å². The van der Waals surface area contributed by atoms with E-state index in [9.17, 15) is 9.18 Å². The Morgan fingerprint density at radius 1 is 1.31 bits per heavy atom. The molecular formula is C22H23FN2O4. The van der Waals surface area contributed by atoms with E-state index in [1.807, 2.05) is 6.08 Å². The quantitative estimate of drug-likeness (QED) is 0.692. The molecule has 152 valence electrons. The number of rotatable bonds is 6. The fourth-order valence-corrected chi connectivity index (χ4v) is 3.61. The van der Waals surface area contributed by atoms with Gasteiger partial charge < -0.3 is 14.2 Å². The third-order valence-electron chi connectivity index (χ3n) is 5.24. The Labute approximate surface area is 168 Å². The van der Waals surface area contributed by atoms with E-state index in [0.29, 0.717) is 48.1 Å². The Kier molecular flexibility index (Phi) is 5.58. The van der Waals surface area contributed by atoms with Crippen LogP contribution in [-0.4, -0.2) is 43.4 Å². The average Bonchev–Trinajstić information content (AvgIpc) is 3.59. The van der Waals surface area contributed by atoms with Gasteiger partial charge in [0.25, 0.3) is 0 Å². The monoisotopic (exact) mass is 398 g/mol. The van der Waals surface area contributed by atoms with Crippen LogP contribution in [0, 0.1) is 5.82 Å². The molecule has 29 heavy (non-hydrogen) atoms. The Hall–Kier alpha value is -2.80. The number of benzene rings is 1. The summed E-state index contributed by atoms with van der Waals surface area (Å²) in [6, 6.07) is 2.89. The van der Waals surface area contributed by atoms with E-state index < -0.39 is 5.97 Å². The summed E-state index contributed by atoms with van der Waals surface area (Å²) in [5, 5.41) is 0. The summed E-state index contributed by atoms with van der Waals surface area (Å²) < 4.78 is 30.4. The molecule has 1 aromatic heterocycles. The van der Waals surface area contributed by atoms with Crippen molar-refractivity contribution in [3.8, 4) is 5.75 Å². The molecule has 0 atom stereocenters. The number of carbonyl (C=O) groups excluding carboxylic acids is 1. The zero-order chi connectivity index (χ0) is 20.4. The van der Waals surface area contributed by atoms with Crippen molar-refractivity contribution in [3.63, 3.8) is 0 Å². The third kappa shape index (κ3) is 4.15. The van der Waals surface area contributed by atoms with Gasteiger partial charge in [-0.25, -0.2) is 14.2 Å². The highest BCUT2D eigenvalue weighted by molar-refractivity contribution is 5.88. The van der Waals surface area contributed by atoms with Crippen LogP contribution < -0.4 is 4.74 Å². The van der Waals surface area contributed by atoms with Crippen LogP contribution in [0.1, 0.15) is 58.2 Å². The first-order valence-corrected chi connectivity index (χ1v) is 9.68. The van der Waals surface area contributed by atoms with Gasteiger partial charge in [-0.3, -0.25) is 4.98 Å². The van der Waals surface area contributed by atoms with Crippen molar-refractivity contribution < 1.29 is 23.4 Å². The first-order valence-electron chi connectivity index (χ1n) is 9.68. The van der Waals surface area contributed by atoms with Gasteiger partial charge in [-0.2, -0.15) is 0 Å². The lowest BCUT2D eigenvalue weighted by Crippen LogP contribution is -2.13. The van der Waals surface area contributed by atoms with Gasteiger partial charge in [0.15, 0.2) is 5.69 Å². The van der Waals surface area contributed by atoms with Gasteiger partial charge in [0.1, 0.15) is 11.6 Å². The predicted octanol–water partition coefficient (Wildman–Crippen LogP) is 3.68. The minimum atomic E-state index is -0.544. The molecule has 0 unspecified atom stereocenters. The highest BCUT2D eigenvalue weighted by Gasteiger charge is 2.28. The van der Waals surface area contributed by atoms with Crippen molar-refractivity contribution in [3.05, 3.63) is 58.4 Å². The average molecular weight is 398 g/mol. The molecule has 6 nitrogen and oxygen atoms in total. The number of hydrogen-bond acceptors (Lipinski definition) is 6. The van der Waals surface area contributed by atoms with Gasteiger partial charge in [-0.05, 0) is 37.0 Å². The molecular weight excluding hydrogens is 375 g/mol. The van der Waals surface area contributed by atoms with Gasteiger partial charge in [0.2, 0.25) is 0 Å². The van der Waals surface area contributed by atoms with Crippen LogP contribution in [-0.2, 0) is 15.9 Å². The first-order chi connectivity index (χ1) is 14.1. The lowest BCUT2D eigenvalue weighted by atomic mass is 9.95. The maximum atomic E-state index is 14.5. The van der Waals surface area contributed by atoms with Crippen LogP contribution in [0.25, 0.3) is 5.57 Å². The lowest BCUT2D eigenvalue weighted by molar-refractivity contribution is 0.0591. The molecule has 0 bridgehead atoms. The highest BCUT2D eigenvalue weighted by Crippen LogP contribution is 2.39. The molecule has 2 aromatic rings. The van der Waals surface area contributed by atoms with Crippen molar-refractivity contribution in [1.29, 1.82) is 0 Å². The van der Waals surface area contributed by atoms with E-state index in [-0.39, 0.29) is 17.9 Å². The molecule has 2 heterocycles. The van der Waals surface area contributed by atoms with Crippen molar-refractivity contribution in [2.24, 2.45) is 0 Å². The van der Waals surface area contributed by atoms with E-state index in [0.717, 1.165) is 24.1 Å². The summed E-state index contributed by atoms with van der Waals surface area (Å²) in [5.41, 5.74) is 3.71. The number of nitrogens with zero attached hydrogens (tertiary/aromatic N) is 2. The van der Waals surface area contributed by atoms with Crippen LogP contribution in [0.3, 0.4) is 0 Å². The second-order valence-electron chi connectivity index (χ2n) is 7.23. The topological polar surface area (TPSA) is 70.5 Å². The minimum absolute atomic E-state index is 0.176. The van der Waals surface area contributed by atoms with E-state index in [2.05, 4.69) is 9.97 Å². The molecule has 2 aliphatic rings. The maximum Gasteiger partial charge on any atom is 0.358 e. The molecule has 0 saturated heterocycles. The zero-order valence-corrected chi connectivity index (χ0v) is 16.5. The second-order valence-corrected chi connectivity index (χ2v) is 7.23. The molecule has 4 rings (SSSR count). The molecule has 1 aliphatic heterocycles. The SMILES string of the molecule is COC(=O)c1nc(C2CC2)cnc1Cc1cc(F)cc(C2=CCOCC2)c1OC. The van der Waals surface area contributed by atoms with Gasteiger partial charge >= 0.3 is 5.97 Å². The minimum Gasteiger partial charge on any atom is -0.496 e. The summed E-state index contributed by atoms with van der Waals surface area (Å²) in [7, 11) is 2.87. The second kappa shape index (κ2) is 8.29. The number of methoxy groups -OCH3 is 2. The maximum absolute atomic E-state index is 14.5. The summed E-state index contributed by atoms with van der Waals surface area (Å²) >= 11 is 0. The van der Waals surface area contributed by atoms with Crippen molar-refractivity contribution in [2.45, 2.75) is 31.6 Å². The van der Waals surface area contributed by atoms with Gasteiger partial charge in [0, 0.05) is 29.7 Å². The van der Waals surface area contributed by atoms with Crippen LogP contribution in [0.5, 0.6) is 5.75 Å². The molecule has 0 radical (unpaired) electrons. The Bertz CT molecular complexity index is 970. The van der Waals surface area contributed by atoms with Crippen LogP contribution in [0.4, 0.5) is 4.39 Å². The summed E-state index contributed by atoms with van der Waals surface area (Å²) in [6.07, 6.45) is 6.63. The number of esters is 1. The molecule has 0 N–H and O–H groups in total. The van der Waals surface area contributed by atoms with E-state index in [4.69, 9.17) is 14.2 Å². The van der Waals surface area contributed by atoms with E-state index in [1.54, 1.807) is 13.3 Å². The van der Waals surface area contributed by atoms with Crippen molar-refractivity contribution in [2.75, 3.05) is 27.4 Å². The first kappa shape index (κ1) is 19.5. The zero-order valence-electron chi connectivity index (χ0n) is 16.5. The number of aromatic nitrogens is 2. The molecule has 1 saturated carbocycles. The Balaban J connectivity index is 1.75. The van der Waals surface area contributed by atoms with Crippen LogP contribution in [0.2, 0.25) is 0 Å². The largest absolute Gasteiger partial charge is 0.496 e. The molecule has 1 aromatic carbocycles. The Morgan fingerprint density at radius 2 is 2.14 bits per heavy atom. The number of halogens is 1. The standard InChI is InChI=1S/C22H23FN2O4/c1-27-21-15(9-16(23)11-17(21)13-5-7-29-8-6-13)10-18-20(22(26)28-2)25-19(12-24-18)14-3-4-14/h5,9,11-12,14H,3-4,6-8,10H2,1-2H3. The lowest BCUT2D eigenvalue weighted by Gasteiger charge is -2.19. The number of carbonyl (C=O) groups is 1. The summed E-state index contributed by atoms with van der Waals surface area (Å²) in [5.74, 6) is 0.0160. The van der Waals surface area contributed by atoms with E-state index >= 15 is 0 Å². The molecule has 7 heteroatoms. The summed E-state index contributed by atoms with van der Waals surface area (Å²) in [6.45, 7) is 1.08. The van der Waals surface area contributed by atoms with E-state index in [1.165, 1.54) is 19.2 Å². The number of ether oxygens (including phenoxy) is 3. The summed E-state index contributed by atoms with van der Waals surface area (Å²) in [4.78, 5) is 21.3. The van der Waals surface area contributed by atoms with Crippen molar-refractivity contribution in [1.82, 2.24) is 9.97 Å². The molecule has 0 spiro atoms. The van der Waals surface area contributed by atoms with Crippen molar-refractivity contribution >= 4 is 11.5 Å². The van der Waals surface area contributed by atoms with Crippen LogP contribution >= 0.6 is 0 Å². The van der Waals surface area contributed by atoms with Gasteiger partial charge in [0.05, 0.1) is 38.8 Å². The molecule has 0 amide bonds. The number of hydrogen-bond donors (Lipinski definition) is 0. The molecule has 1 fully saturated rings. The predicted molar refractivity (Wildman–Crippen MR) is 105 cm³/mol. The third-order valence-corrected chi connectivity index (χ3v) is 5.24. The smallest absolute Gasteiger partial charge is 0.358 e. The Morgan fingerprint density at radius 3 is 2.79 bits per heavy atom.